The van der Waals surface area contributed by atoms with Crippen LogP contribution >= 0.6 is 11.3 Å². The number of rotatable bonds is 4. The van der Waals surface area contributed by atoms with E-state index in [1.54, 1.807) is 0 Å². The fourth-order valence-corrected chi connectivity index (χ4v) is 2.10. The summed E-state index contributed by atoms with van der Waals surface area (Å²) in [5.41, 5.74) is 0.891. The van der Waals surface area contributed by atoms with Gasteiger partial charge in [0.2, 0.25) is 5.91 Å². The Morgan fingerprint density at radius 2 is 2.20 bits per heavy atom. The van der Waals surface area contributed by atoms with E-state index in [1.165, 1.54) is 11.3 Å². The average Bonchev–Trinajstić information content (AvgIpc) is 2.45. The number of anilines is 1. The molecule has 1 aromatic heterocycles. The van der Waals surface area contributed by atoms with Crippen LogP contribution < -0.4 is 10.6 Å². The molecule has 0 fully saturated rings. The summed E-state index contributed by atoms with van der Waals surface area (Å²) in [4.78, 5) is 15.9. The van der Waals surface area contributed by atoms with Gasteiger partial charge in [-0.05, 0) is 20.9 Å². The number of hydrogen-bond donors (Lipinski definition) is 2. The third kappa shape index (κ3) is 3.28. The van der Waals surface area contributed by atoms with E-state index in [2.05, 4.69) is 15.6 Å². The molecule has 0 aliphatic heterocycles. The molecule has 5 heteroatoms. The van der Waals surface area contributed by atoms with Crippen molar-refractivity contribution < 1.29 is 4.79 Å². The molecule has 0 saturated heterocycles. The first-order valence-corrected chi connectivity index (χ1v) is 5.75. The summed E-state index contributed by atoms with van der Waals surface area (Å²) in [5, 5.41) is 7.71. The first-order chi connectivity index (χ1) is 7.04. The van der Waals surface area contributed by atoms with Gasteiger partial charge in [0, 0.05) is 12.5 Å². The van der Waals surface area contributed by atoms with E-state index in [-0.39, 0.29) is 11.8 Å². The maximum Gasteiger partial charge on any atom is 0.229 e. The van der Waals surface area contributed by atoms with Crippen molar-refractivity contribution in [3.63, 3.8) is 0 Å². The zero-order valence-electron chi connectivity index (χ0n) is 9.55. The zero-order chi connectivity index (χ0) is 11.4. The molecule has 4 nitrogen and oxygen atoms in total. The number of nitrogens with zero attached hydrogens (tertiary/aromatic N) is 1. The molecule has 1 aromatic rings. The van der Waals surface area contributed by atoms with Crippen LogP contribution in [0.1, 0.15) is 17.6 Å². The number of aromatic nitrogens is 1. The molecule has 1 unspecified atom stereocenters. The highest BCUT2D eigenvalue weighted by Gasteiger charge is 2.14. The van der Waals surface area contributed by atoms with Crippen molar-refractivity contribution in [1.29, 1.82) is 0 Å². The molecule has 1 rings (SSSR count). The van der Waals surface area contributed by atoms with Gasteiger partial charge in [0.1, 0.15) is 5.00 Å². The van der Waals surface area contributed by atoms with Crippen molar-refractivity contribution in [1.82, 2.24) is 10.3 Å². The highest BCUT2D eigenvalue weighted by Crippen LogP contribution is 2.23. The minimum Gasteiger partial charge on any atom is -0.319 e. The minimum atomic E-state index is -0.0307. The van der Waals surface area contributed by atoms with Gasteiger partial charge in [-0.3, -0.25) is 4.79 Å². The predicted octanol–water partition coefficient (Wildman–Crippen LogP) is 1.55. The van der Waals surface area contributed by atoms with E-state index in [0.717, 1.165) is 15.7 Å². The van der Waals surface area contributed by atoms with Gasteiger partial charge >= 0.3 is 0 Å². The second-order valence-corrected chi connectivity index (χ2v) is 4.80. The van der Waals surface area contributed by atoms with Crippen molar-refractivity contribution in [2.75, 3.05) is 18.9 Å². The van der Waals surface area contributed by atoms with Crippen LogP contribution in [-0.4, -0.2) is 24.5 Å². The number of carbonyl (C=O) groups excluding carboxylic acids is 1. The maximum absolute atomic E-state index is 11.7. The Hall–Kier alpha value is -0.940. The fraction of sp³-hybridized carbons (Fsp3) is 0.600. The molecule has 0 bridgehead atoms. The Morgan fingerprint density at radius 1 is 1.53 bits per heavy atom. The third-order valence-corrected chi connectivity index (χ3v) is 3.09. The number of nitrogens with one attached hydrogen (secondary N) is 2. The van der Waals surface area contributed by atoms with Gasteiger partial charge in [-0.15, -0.1) is 11.3 Å². The lowest BCUT2D eigenvalue weighted by Gasteiger charge is -2.10. The Balaban J connectivity index is 2.62. The summed E-state index contributed by atoms with van der Waals surface area (Å²) < 4.78 is 0. The smallest absolute Gasteiger partial charge is 0.229 e. The highest BCUT2D eigenvalue weighted by atomic mass is 32.1. The van der Waals surface area contributed by atoms with Crippen LogP contribution in [0, 0.1) is 19.8 Å². The van der Waals surface area contributed by atoms with E-state index in [4.69, 9.17) is 0 Å². The van der Waals surface area contributed by atoms with E-state index in [1.807, 2.05) is 27.8 Å². The first-order valence-electron chi connectivity index (χ1n) is 4.94. The summed E-state index contributed by atoms with van der Waals surface area (Å²) in [6, 6.07) is 0. The molecule has 1 amide bonds. The van der Waals surface area contributed by atoms with E-state index < -0.39 is 0 Å². The molecule has 84 valence electrons. The Kier molecular flexibility index (Phi) is 4.23. The molecule has 0 radical (unpaired) electrons. The molecule has 1 atom stereocenters. The second-order valence-electron chi connectivity index (χ2n) is 3.60. The van der Waals surface area contributed by atoms with Crippen LogP contribution in [0.2, 0.25) is 0 Å². The largest absolute Gasteiger partial charge is 0.319 e. The van der Waals surface area contributed by atoms with E-state index in [9.17, 15) is 4.79 Å². The van der Waals surface area contributed by atoms with Crippen molar-refractivity contribution in [3.05, 3.63) is 10.7 Å². The minimum absolute atomic E-state index is 0.0307. The summed E-state index contributed by atoms with van der Waals surface area (Å²) in [6.07, 6.45) is 0. The molecular weight excluding hydrogens is 210 g/mol. The number of amides is 1. The zero-order valence-corrected chi connectivity index (χ0v) is 10.4. The molecule has 2 N–H and O–H groups in total. The highest BCUT2D eigenvalue weighted by molar-refractivity contribution is 7.16. The fourth-order valence-electron chi connectivity index (χ4n) is 1.28. The van der Waals surface area contributed by atoms with Gasteiger partial charge in [0.05, 0.1) is 10.7 Å². The number of hydrogen-bond acceptors (Lipinski definition) is 4. The topological polar surface area (TPSA) is 54.0 Å². The van der Waals surface area contributed by atoms with Crippen molar-refractivity contribution in [2.45, 2.75) is 20.8 Å². The van der Waals surface area contributed by atoms with Crippen LogP contribution in [-0.2, 0) is 4.79 Å². The molecule has 0 saturated carbocycles. The average molecular weight is 227 g/mol. The Labute approximate surface area is 94.1 Å². The first kappa shape index (κ1) is 12.1. The van der Waals surface area contributed by atoms with Crippen molar-refractivity contribution in [2.24, 2.45) is 5.92 Å². The Morgan fingerprint density at radius 3 is 2.67 bits per heavy atom. The predicted molar refractivity (Wildman–Crippen MR) is 63.3 cm³/mol. The maximum atomic E-state index is 11.7. The number of thiazole rings is 1. The SMILES string of the molecule is CNCC(C)C(=O)Nc1sc(C)nc1C. The van der Waals surface area contributed by atoms with Crippen molar-refractivity contribution >= 4 is 22.2 Å². The van der Waals surface area contributed by atoms with Crippen LogP contribution in [0.15, 0.2) is 0 Å². The summed E-state index contributed by atoms with van der Waals surface area (Å²) in [7, 11) is 1.84. The van der Waals surface area contributed by atoms with Crippen LogP contribution in [0.3, 0.4) is 0 Å². The van der Waals surface area contributed by atoms with Gasteiger partial charge in [-0.2, -0.15) is 0 Å². The molecule has 0 aromatic carbocycles. The molecule has 15 heavy (non-hydrogen) atoms. The summed E-state index contributed by atoms with van der Waals surface area (Å²) in [5.74, 6) is 0.00732. The van der Waals surface area contributed by atoms with Crippen molar-refractivity contribution in [3.8, 4) is 0 Å². The normalized spacial score (nSPS) is 12.5. The van der Waals surface area contributed by atoms with Gasteiger partial charge in [0.15, 0.2) is 0 Å². The van der Waals surface area contributed by atoms with Gasteiger partial charge in [0.25, 0.3) is 0 Å². The number of carbonyl (C=O) groups is 1. The second kappa shape index (κ2) is 5.23. The molecule has 0 aliphatic rings. The van der Waals surface area contributed by atoms with E-state index >= 15 is 0 Å². The lowest BCUT2D eigenvalue weighted by molar-refractivity contribution is -0.119. The standard InChI is InChI=1S/C10H17N3OS/c1-6(5-11-4)9(14)13-10-7(2)12-8(3)15-10/h6,11H,5H2,1-4H3,(H,13,14). The number of aryl methyl sites for hydroxylation is 2. The molecule has 0 aliphatic carbocycles. The molecule has 1 heterocycles. The monoisotopic (exact) mass is 227 g/mol. The summed E-state index contributed by atoms with van der Waals surface area (Å²) >= 11 is 1.51. The van der Waals surface area contributed by atoms with Gasteiger partial charge in [-0.1, -0.05) is 6.92 Å². The molecular formula is C10H17N3OS. The Bertz CT molecular complexity index is 348. The third-order valence-electron chi connectivity index (χ3n) is 2.10. The van der Waals surface area contributed by atoms with Crippen LogP contribution in [0.25, 0.3) is 0 Å². The lowest BCUT2D eigenvalue weighted by Crippen LogP contribution is -2.28. The lowest BCUT2D eigenvalue weighted by atomic mass is 10.1. The van der Waals surface area contributed by atoms with Crippen LogP contribution in [0.4, 0.5) is 5.00 Å². The summed E-state index contributed by atoms with van der Waals surface area (Å²) in [6.45, 7) is 6.42. The van der Waals surface area contributed by atoms with Gasteiger partial charge in [-0.25, -0.2) is 4.98 Å². The quantitative estimate of drug-likeness (QED) is 0.820. The van der Waals surface area contributed by atoms with E-state index in [0.29, 0.717) is 6.54 Å². The molecule has 0 spiro atoms. The van der Waals surface area contributed by atoms with Gasteiger partial charge < -0.3 is 10.6 Å². The van der Waals surface area contributed by atoms with Crippen LogP contribution in [0.5, 0.6) is 0 Å².